The van der Waals surface area contributed by atoms with Gasteiger partial charge in [-0.2, -0.15) is 0 Å². The van der Waals surface area contributed by atoms with Crippen LogP contribution in [0.2, 0.25) is 0 Å². The highest BCUT2D eigenvalue weighted by atomic mass is 79.9. The van der Waals surface area contributed by atoms with Crippen molar-refractivity contribution in [2.45, 2.75) is 26.2 Å². The molecule has 0 aliphatic rings. The van der Waals surface area contributed by atoms with Crippen molar-refractivity contribution in [3.05, 3.63) is 11.6 Å². The Morgan fingerprint density at radius 1 is 1.70 bits per heavy atom. The van der Waals surface area contributed by atoms with Gasteiger partial charge < -0.3 is 0 Å². The maximum Gasteiger partial charge on any atom is 0.0121 e. The van der Waals surface area contributed by atoms with Crippen LogP contribution in [0.4, 0.5) is 0 Å². The van der Waals surface area contributed by atoms with Gasteiger partial charge in [-0.1, -0.05) is 27.6 Å². The lowest BCUT2D eigenvalue weighted by atomic mass is 10.2. The molecule has 0 fully saturated rings. The number of hydrogen-bond acceptors (Lipinski definition) is 0. The molecule has 0 N–H and O–H groups in total. The number of rotatable bonds is 4. The van der Waals surface area contributed by atoms with Gasteiger partial charge in [0.05, 0.1) is 0 Å². The van der Waals surface area contributed by atoms with Gasteiger partial charge in [0.25, 0.3) is 0 Å². The topological polar surface area (TPSA) is 0 Å². The van der Waals surface area contributed by atoms with E-state index in [1.54, 1.807) is 0 Å². The number of allylic oxidation sites excluding steroid dienone is 2. The summed E-state index contributed by atoms with van der Waals surface area (Å²) in [7, 11) is 0. The molecule has 0 spiro atoms. The Kier molecular flexibility index (Phi) is 6.74. The van der Waals surface area contributed by atoms with Crippen LogP contribution in [0.15, 0.2) is 11.6 Å². The highest BCUT2D eigenvalue weighted by Crippen LogP contribution is 2.04. The number of terminal acetylenes is 1. The monoisotopic (exact) mass is 200 g/mol. The van der Waals surface area contributed by atoms with Crippen LogP contribution >= 0.6 is 15.9 Å². The molecule has 0 unspecified atom stereocenters. The highest BCUT2D eigenvalue weighted by Gasteiger charge is 1.85. The molecule has 56 valence electrons. The van der Waals surface area contributed by atoms with Gasteiger partial charge in [0.1, 0.15) is 0 Å². The molecule has 0 radical (unpaired) electrons. The van der Waals surface area contributed by atoms with E-state index in [1.807, 2.05) is 0 Å². The number of halogens is 1. The smallest absolute Gasteiger partial charge is 0.0121 e. The predicted molar refractivity (Wildman–Crippen MR) is 50.2 cm³/mol. The van der Waals surface area contributed by atoms with Gasteiger partial charge >= 0.3 is 0 Å². The van der Waals surface area contributed by atoms with E-state index in [0.29, 0.717) is 0 Å². The first-order chi connectivity index (χ1) is 4.81. The normalized spacial score (nSPS) is 11.1. The molecule has 0 heterocycles. The van der Waals surface area contributed by atoms with Crippen molar-refractivity contribution in [2.75, 3.05) is 5.33 Å². The minimum Gasteiger partial charge on any atom is -0.120 e. The summed E-state index contributed by atoms with van der Waals surface area (Å²) in [6.45, 7) is 2.14. The van der Waals surface area contributed by atoms with E-state index >= 15 is 0 Å². The quantitative estimate of drug-likeness (QED) is 0.283. The molecule has 0 saturated carbocycles. The summed E-state index contributed by atoms with van der Waals surface area (Å²) in [5, 5.41) is 1.05. The SMILES string of the molecule is C#CCC/C=C(\C)CCBr. The fourth-order valence-electron chi connectivity index (χ4n) is 0.653. The molecule has 0 rings (SSSR count). The zero-order valence-electron chi connectivity index (χ0n) is 6.36. The third-order valence-electron chi connectivity index (χ3n) is 1.27. The van der Waals surface area contributed by atoms with Crippen LogP contribution in [0.5, 0.6) is 0 Å². The Hall–Kier alpha value is -0.220. The van der Waals surface area contributed by atoms with E-state index in [1.165, 1.54) is 5.57 Å². The van der Waals surface area contributed by atoms with Crippen molar-refractivity contribution >= 4 is 15.9 Å². The lowest BCUT2D eigenvalue weighted by molar-refractivity contribution is 1.02. The van der Waals surface area contributed by atoms with E-state index in [9.17, 15) is 0 Å². The summed E-state index contributed by atoms with van der Waals surface area (Å²) < 4.78 is 0. The second kappa shape index (κ2) is 6.89. The van der Waals surface area contributed by atoms with E-state index in [4.69, 9.17) is 6.42 Å². The maximum absolute atomic E-state index is 5.10. The molecular weight excluding hydrogens is 188 g/mol. The summed E-state index contributed by atoms with van der Waals surface area (Å²) >= 11 is 3.38. The minimum absolute atomic E-state index is 0.861. The molecule has 1 heteroatoms. The molecule has 0 nitrogen and oxygen atoms in total. The Morgan fingerprint density at radius 2 is 2.40 bits per heavy atom. The predicted octanol–water partition coefficient (Wildman–Crippen LogP) is 3.13. The molecule has 0 aromatic rings. The van der Waals surface area contributed by atoms with Crippen molar-refractivity contribution in [3.8, 4) is 12.3 Å². The second-order valence-corrected chi connectivity index (χ2v) is 3.03. The summed E-state index contributed by atoms with van der Waals surface area (Å²) in [4.78, 5) is 0. The third-order valence-corrected chi connectivity index (χ3v) is 1.67. The van der Waals surface area contributed by atoms with Crippen molar-refractivity contribution in [2.24, 2.45) is 0 Å². The van der Waals surface area contributed by atoms with E-state index in [-0.39, 0.29) is 0 Å². The van der Waals surface area contributed by atoms with Crippen LogP contribution in [0.3, 0.4) is 0 Å². The number of unbranched alkanes of at least 4 members (excludes halogenated alkanes) is 1. The zero-order valence-corrected chi connectivity index (χ0v) is 7.95. The van der Waals surface area contributed by atoms with Crippen LogP contribution < -0.4 is 0 Å². The van der Waals surface area contributed by atoms with Crippen LogP contribution in [0.25, 0.3) is 0 Å². The fourth-order valence-corrected chi connectivity index (χ4v) is 1.28. The lowest BCUT2D eigenvalue weighted by Gasteiger charge is -1.94. The van der Waals surface area contributed by atoms with Crippen LogP contribution in [0, 0.1) is 12.3 Å². The molecule has 0 aliphatic heterocycles. The molecular formula is C9H13Br. The van der Waals surface area contributed by atoms with Crippen molar-refractivity contribution in [3.63, 3.8) is 0 Å². The van der Waals surface area contributed by atoms with E-state index in [2.05, 4.69) is 34.9 Å². The molecule has 0 amide bonds. The van der Waals surface area contributed by atoms with Gasteiger partial charge in [-0.3, -0.25) is 0 Å². The Labute approximate surface area is 71.8 Å². The van der Waals surface area contributed by atoms with Gasteiger partial charge in [-0.15, -0.1) is 12.3 Å². The van der Waals surface area contributed by atoms with Crippen LogP contribution in [0.1, 0.15) is 26.2 Å². The fraction of sp³-hybridized carbons (Fsp3) is 0.556. The molecule has 10 heavy (non-hydrogen) atoms. The first-order valence-electron chi connectivity index (χ1n) is 3.46. The molecule has 0 aromatic carbocycles. The summed E-state index contributed by atoms with van der Waals surface area (Å²) in [6.07, 6.45) is 10.3. The maximum atomic E-state index is 5.10. The Bertz CT molecular complexity index is 139. The average Bonchev–Trinajstić information content (AvgIpc) is 1.89. The lowest BCUT2D eigenvalue weighted by Crippen LogP contribution is -1.77. The molecule has 0 aliphatic carbocycles. The molecule has 0 atom stereocenters. The summed E-state index contributed by atoms with van der Waals surface area (Å²) in [6, 6.07) is 0. The molecule has 0 saturated heterocycles. The molecule has 0 bridgehead atoms. The van der Waals surface area contributed by atoms with Crippen LogP contribution in [-0.2, 0) is 0 Å². The van der Waals surface area contributed by atoms with Gasteiger partial charge in [0, 0.05) is 11.8 Å². The van der Waals surface area contributed by atoms with Crippen molar-refractivity contribution < 1.29 is 0 Å². The second-order valence-electron chi connectivity index (χ2n) is 2.23. The first kappa shape index (κ1) is 9.78. The largest absolute Gasteiger partial charge is 0.120 e. The number of alkyl halides is 1. The van der Waals surface area contributed by atoms with Gasteiger partial charge in [-0.05, 0) is 19.8 Å². The van der Waals surface area contributed by atoms with E-state index < -0.39 is 0 Å². The van der Waals surface area contributed by atoms with Gasteiger partial charge in [0.2, 0.25) is 0 Å². The van der Waals surface area contributed by atoms with Crippen molar-refractivity contribution in [1.29, 1.82) is 0 Å². The van der Waals surface area contributed by atoms with Gasteiger partial charge in [-0.25, -0.2) is 0 Å². The summed E-state index contributed by atoms with van der Waals surface area (Å²) in [5.41, 5.74) is 1.42. The standard InChI is InChI=1S/C9H13Br/c1-3-4-5-6-9(2)7-8-10/h1,6H,4-5,7-8H2,2H3/b9-6+. The summed E-state index contributed by atoms with van der Waals surface area (Å²) in [5.74, 6) is 2.61. The highest BCUT2D eigenvalue weighted by molar-refractivity contribution is 9.09. The number of hydrogen-bond donors (Lipinski definition) is 0. The first-order valence-corrected chi connectivity index (χ1v) is 4.58. The zero-order chi connectivity index (χ0) is 7.82. The average molecular weight is 201 g/mol. The van der Waals surface area contributed by atoms with E-state index in [0.717, 1.165) is 24.6 Å². The minimum atomic E-state index is 0.861. The Balaban J connectivity index is 3.39. The third kappa shape index (κ3) is 5.91. The molecule has 0 aromatic heterocycles. The van der Waals surface area contributed by atoms with Crippen molar-refractivity contribution in [1.82, 2.24) is 0 Å². The van der Waals surface area contributed by atoms with Crippen LogP contribution in [-0.4, -0.2) is 5.33 Å². The Morgan fingerprint density at radius 3 is 2.90 bits per heavy atom. The van der Waals surface area contributed by atoms with Gasteiger partial charge in [0.15, 0.2) is 0 Å².